The van der Waals surface area contributed by atoms with Crippen molar-refractivity contribution in [3.05, 3.63) is 0 Å². The Bertz CT molecular complexity index is 283. The Morgan fingerprint density at radius 2 is 2.36 bits per heavy atom. The first-order chi connectivity index (χ1) is 6.53. The van der Waals surface area contributed by atoms with E-state index in [-0.39, 0.29) is 23.7 Å². The molecule has 0 saturated heterocycles. The molecule has 2 fully saturated rings. The van der Waals surface area contributed by atoms with Crippen molar-refractivity contribution in [2.45, 2.75) is 25.1 Å². The van der Waals surface area contributed by atoms with E-state index in [4.69, 9.17) is 11.6 Å². The monoisotopic (exact) mass is 280 g/mol. The van der Waals surface area contributed by atoms with Crippen LogP contribution in [-0.2, 0) is 4.79 Å². The van der Waals surface area contributed by atoms with E-state index in [1.165, 1.54) is 0 Å². The molecule has 0 aromatic rings. The van der Waals surface area contributed by atoms with E-state index in [1.807, 2.05) is 6.92 Å². The molecule has 0 radical (unpaired) electrons. The van der Waals surface area contributed by atoms with Crippen LogP contribution in [-0.4, -0.2) is 28.2 Å². The van der Waals surface area contributed by atoms with Gasteiger partial charge < -0.3 is 5.11 Å². The fraction of sp³-hybridized carbons (Fsp3) is 0.900. The summed E-state index contributed by atoms with van der Waals surface area (Å²) in [5.74, 6) is 0.281. The van der Waals surface area contributed by atoms with Crippen molar-refractivity contribution < 1.29 is 9.90 Å². The predicted molar refractivity (Wildman–Crippen MR) is 58.8 cm³/mol. The van der Waals surface area contributed by atoms with Crippen molar-refractivity contribution in [2.75, 3.05) is 11.9 Å². The summed E-state index contributed by atoms with van der Waals surface area (Å²) in [6.07, 6.45) is 1.82. The lowest BCUT2D eigenvalue weighted by atomic mass is 9.69. The van der Waals surface area contributed by atoms with Gasteiger partial charge in [-0.25, -0.2) is 0 Å². The molecule has 0 aromatic carbocycles. The highest BCUT2D eigenvalue weighted by Gasteiger charge is 2.69. The third kappa shape index (κ3) is 0.940. The summed E-state index contributed by atoms with van der Waals surface area (Å²) in [5, 5.41) is 9.74. The smallest absolute Gasteiger partial charge is 0.158 e. The molecular weight excluding hydrogens is 267 g/mol. The first kappa shape index (κ1) is 10.9. The van der Waals surface area contributed by atoms with Crippen LogP contribution >= 0.6 is 27.5 Å². The van der Waals surface area contributed by atoms with E-state index >= 15 is 0 Å². The zero-order chi connectivity index (χ0) is 10.6. The summed E-state index contributed by atoms with van der Waals surface area (Å²) in [5.41, 5.74) is -0.737. The molecule has 4 unspecified atom stereocenters. The van der Waals surface area contributed by atoms with Gasteiger partial charge in [0.15, 0.2) is 5.78 Å². The highest BCUT2D eigenvalue weighted by molar-refractivity contribution is 9.09. The molecule has 14 heavy (non-hydrogen) atoms. The maximum atomic E-state index is 12.0. The Labute approximate surface area is 97.1 Å². The summed E-state index contributed by atoms with van der Waals surface area (Å²) in [4.78, 5) is 12.0. The number of ketones is 1. The minimum Gasteiger partial charge on any atom is -0.396 e. The van der Waals surface area contributed by atoms with E-state index in [2.05, 4.69) is 15.9 Å². The van der Waals surface area contributed by atoms with Gasteiger partial charge in [-0.3, -0.25) is 4.79 Å². The van der Waals surface area contributed by atoms with Crippen LogP contribution in [0.5, 0.6) is 0 Å². The first-order valence-corrected chi connectivity index (χ1v) is 6.44. The molecule has 2 nitrogen and oxygen atoms in total. The van der Waals surface area contributed by atoms with Crippen molar-refractivity contribution in [1.82, 2.24) is 0 Å². The topological polar surface area (TPSA) is 37.3 Å². The van der Waals surface area contributed by atoms with Crippen molar-refractivity contribution in [1.29, 1.82) is 0 Å². The predicted octanol–water partition coefficient (Wildman–Crippen LogP) is 1.97. The Hall–Kier alpha value is 0.400. The first-order valence-electron chi connectivity index (χ1n) is 4.89. The number of aliphatic hydroxyl groups is 1. The molecule has 2 aliphatic carbocycles. The van der Waals surface area contributed by atoms with Crippen LogP contribution < -0.4 is 0 Å². The average Bonchev–Trinajstić information content (AvgIpc) is 2.57. The Morgan fingerprint density at radius 1 is 1.71 bits per heavy atom. The molecule has 2 bridgehead atoms. The van der Waals surface area contributed by atoms with E-state index in [1.54, 1.807) is 0 Å². The SMILES string of the molecule is CC1(CO)C2CCC1(CBr)C(=O)C2Cl. The van der Waals surface area contributed by atoms with Gasteiger partial charge in [0, 0.05) is 22.8 Å². The number of carbonyl (C=O) groups is 1. The highest BCUT2D eigenvalue weighted by atomic mass is 79.9. The van der Waals surface area contributed by atoms with Gasteiger partial charge in [0.05, 0.1) is 5.38 Å². The highest BCUT2D eigenvalue weighted by Crippen LogP contribution is 2.65. The second kappa shape index (κ2) is 3.19. The Kier molecular flexibility index (Phi) is 2.49. The summed E-state index contributed by atoms with van der Waals surface area (Å²) < 4.78 is 0. The molecule has 0 aliphatic heterocycles. The number of carbonyl (C=O) groups excluding carboxylic acids is 1. The molecule has 0 spiro atoms. The van der Waals surface area contributed by atoms with Crippen LogP contribution in [0.15, 0.2) is 0 Å². The van der Waals surface area contributed by atoms with Gasteiger partial charge in [-0.05, 0) is 18.8 Å². The molecule has 2 saturated carbocycles. The van der Waals surface area contributed by atoms with Gasteiger partial charge in [-0.2, -0.15) is 0 Å². The largest absolute Gasteiger partial charge is 0.396 e. The molecule has 0 aromatic heterocycles. The summed E-state index contributed by atoms with van der Waals surface area (Å²) in [6.45, 7) is 2.05. The van der Waals surface area contributed by atoms with Gasteiger partial charge in [-0.15, -0.1) is 11.6 Å². The minimum absolute atomic E-state index is 0.0538. The van der Waals surface area contributed by atoms with Crippen LogP contribution in [0.4, 0.5) is 0 Å². The summed E-state index contributed by atoms with van der Waals surface area (Å²) >= 11 is 9.52. The van der Waals surface area contributed by atoms with Crippen molar-refractivity contribution in [2.24, 2.45) is 16.7 Å². The molecule has 2 rings (SSSR count). The summed E-state index contributed by atoms with van der Waals surface area (Å²) in [7, 11) is 0. The van der Waals surface area contributed by atoms with Crippen molar-refractivity contribution >= 4 is 33.3 Å². The number of alkyl halides is 2. The molecule has 4 heteroatoms. The maximum Gasteiger partial charge on any atom is 0.158 e. The van der Waals surface area contributed by atoms with Crippen molar-refractivity contribution in [3.63, 3.8) is 0 Å². The molecule has 4 atom stereocenters. The normalized spacial score (nSPS) is 51.6. The Morgan fingerprint density at radius 3 is 2.79 bits per heavy atom. The van der Waals surface area contributed by atoms with Gasteiger partial charge in [0.1, 0.15) is 0 Å². The zero-order valence-electron chi connectivity index (χ0n) is 8.09. The Balaban J connectivity index is 2.50. The molecular formula is C10H14BrClO2. The van der Waals surface area contributed by atoms with Crippen LogP contribution in [0.1, 0.15) is 19.8 Å². The van der Waals surface area contributed by atoms with Gasteiger partial charge in [0.25, 0.3) is 0 Å². The number of hydrogen-bond donors (Lipinski definition) is 1. The second-order valence-corrected chi connectivity index (χ2v) is 5.73. The molecule has 0 heterocycles. The van der Waals surface area contributed by atoms with Crippen LogP contribution in [0, 0.1) is 16.7 Å². The maximum absolute atomic E-state index is 12.0. The molecule has 1 N–H and O–H groups in total. The lowest BCUT2D eigenvalue weighted by molar-refractivity contribution is -0.128. The number of aliphatic hydroxyl groups excluding tert-OH is 1. The van der Waals surface area contributed by atoms with Gasteiger partial charge >= 0.3 is 0 Å². The summed E-state index contributed by atoms with van der Waals surface area (Å²) in [6, 6.07) is 0. The fourth-order valence-corrected chi connectivity index (χ4v) is 5.05. The zero-order valence-corrected chi connectivity index (χ0v) is 10.4. The fourth-order valence-electron chi connectivity index (χ4n) is 3.24. The number of halogens is 2. The standard InChI is InChI=1S/C10H14BrClO2/c1-9(5-13)6-2-3-10(9,4-11)8(14)7(6)12/h6-7,13H,2-5H2,1H3. The quantitative estimate of drug-likeness (QED) is 0.786. The van der Waals surface area contributed by atoms with E-state index in [9.17, 15) is 9.90 Å². The molecule has 80 valence electrons. The lowest BCUT2D eigenvalue weighted by Gasteiger charge is -2.36. The number of rotatable bonds is 2. The average molecular weight is 282 g/mol. The van der Waals surface area contributed by atoms with E-state index < -0.39 is 10.8 Å². The number of fused-ring (bicyclic) bond motifs is 2. The van der Waals surface area contributed by atoms with Crippen molar-refractivity contribution in [3.8, 4) is 0 Å². The van der Waals surface area contributed by atoms with Crippen LogP contribution in [0.2, 0.25) is 0 Å². The third-order valence-corrected chi connectivity index (χ3v) is 5.89. The van der Waals surface area contributed by atoms with E-state index in [0.717, 1.165) is 12.8 Å². The third-order valence-electron chi connectivity index (χ3n) is 4.43. The molecule has 0 amide bonds. The minimum atomic E-state index is -0.418. The number of Topliss-reactive ketones (excluding diaryl/α,β-unsaturated/α-hetero) is 1. The van der Waals surface area contributed by atoms with Gasteiger partial charge in [0.2, 0.25) is 0 Å². The van der Waals surface area contributed by atoms with Crippen LogP contribution in [0.25, 0.3) is 0 Å². The van der Waals surface area contributed by atoms with E-state index in [0.29, 0.717) is 5.33 Å². The van der Waals surface area contributed by atoms with Gasteiger partial charge in [-0.1, -0.05) is 22.9 Å². The second-order valence-electron chi connectivity index (χ2n) is 4.70. The number of hydrogen-bond acceptors (Lipinski definition) is 2. The molecule has 2 aliphatic rings. The van der Waals surface area contributed by atoms with Crippen LogP contribution in [0.3, 0.4) is 0 Å². The lowest BCUT2D eigenvalue weighted by Crippen LogP contribution is -2.42.